The van der Waals surface area contributed by atoms with Crippen LogP contribution in [0.2, 0.25) is 0 Å². The van der Waals surface area contributed by atoms with Gasteiger partial charge in [0.15, 0.2) is 0 Å². The van der Waals surface area contributed by atoms with E-state index in [1.165, 1.54) is 18.3 Å². The van der Waals surface area contributed by atoms with Gasteiger partial charge in [-0.2, -0.15) is 5.10 Å². The summed E-state index contributed by atoms with van der Waals surface area (Å²) < 4.78 is 1.83. The van der Waals surface area contributed by atoms with E-state index in [1.807, 2.05) is 41.1 Å². The molecule has 24 heavy (non-hydrogen) atoms. The number of nitro groups is 1. The number of carbonyl (C=O) groups excluding carboxylic acids is 1. The third-order valence-corrected chi connectivity index (χ3v) is 3.48. The van der Waals surface area contributed by atoms with Crippen molar-refractivity contribution in [1.29, 1.82) is 0 Å². The first-order chi connectivity index (χ1) is 11.6. The van der Waals surface area contributed by atoms with Crippen LogP contribution in [0, 0.1) is 10.1 Å². The van der Waals surface area contributed by atoms with Crippen molar-refractivity contribution in [2.45, 2.75) is 6.54 Å². The van der Waals surface area contributed by atoms with E-state index in [0.29, 0.717) is 5.56 Å². The number of nitro benzene ring substituents is 1. The fourth-order valence-electron chi connectivity index (χ4n) is 2.37. The summed E-state index contributed by atoms with van der Waals surface area (Å²) in [7, 11) is 0. The second kappa shape index (κ2) is 6.74. The summed E-state index contributed by atoms with van der Waals surface area (Å²) >= 11 is 0. The van der Waals surface area contributed by atoms with Gasteiger partial charge in [-0.3, -0.25) is 14.9 Å². The van der Waals surface area contributed by atoms with Crippen molar-refractivity contribution in [1.82, 2.24) is 9.99 Å². The number of carbonyl (C=O) groups is 1. The molecule has 3 rings (SSSR count). The van der Waals surface area contributed by atoms with Crippen LogP contribution in [-0.4, -0.2) is 21.6 Å². The van der Waals surface area contributed by atoms with Crippen LogP contribution in [0.1, 0.15) is 5.56 Å². The minimum absolute atomic E-state index is 0.0240. The first-order valence-corrected chi connectivity index (χ1v) is 7.24. The zero-order valence-electron chi connectivity index (χ0n) is 12.6. The van der Waals surface area contributed by atoms with Gasteiger partial charge in [-0.15, -0.1) is 0 Å². The second-order valence-electron chi connectivity index (χ2n) is 5.15. The van der Waals surface area contributed by atoms with Crippen molar-refractivity contribution in [3.8, 4) is 0 Å². The van der Waals surface area contributed by atoms with Gasteiger partial charge in [0, 0.05) is 29.4 Å². The Kier molecular flexibility index (Phi) is 4.33. The fourth-order valence-corrected chi connectivity index (χ4v) is 2.37. The largest absolute Gasteiger partial charge is 0.338 e. The number of hydrogen-bond donors (Lipinski definition) is 1. The van der Waals surface area contributed by atoms with Gasteiger partial charge < -0.3 is 4.57 Å². The number of amides is 1. The van der Waals surface area contributed by atoms with Crippen molar-refractivity contribution in [2.24, 2.45) is 5.10 Å². The highest BCUT2D eigenvalue weighted by Crippen LogP contribution is 2.14. The van der Waals surface area contributed by atoms with Crippen LogP contribution in [0.15, 0.2) is 65.9 Å². The number of nitrogens with one attached hydrogen (secondary N) is 1. The molecule has 1 aromatic heterocycles. The van der Waals surface area contributed by atoms with Gasteiger partial charge in [0.25, 0.3) is 11.6 Å². The molecule has 0 unspecified atom stereocenters. The summed E-state index contributed by atoms with van der Waals surface area (Å²) in [4.78, 5) is 22.2. The van der Waals surface area contributed by atoms with E-state index in [4.69, 9.17) is 0 Å². The standard InChI is InChI=1S/C17H14N4O3/c22-17(12-20-9-8-14-5-1-2-7-16(14)20)19-18-11-13-4-3-6-15(10-13)21(23)24/h1-11H,12H2,(H,19,22). The lowest BCUT2D eigenvalue weighted by Crippen LogP contribution is -2.22. The lowest BCUT2D eigenvalue weighted by Gasteiger charge is -2.04. The molecule has 0 radical (unpaired) electrons. The van der Waals surface area contributed by atoms with E-state index < -0.39 is 4.92 Å². The van der Waals surface area contributed by atoms with E-state index in [0.717, 1.165) is 10.9 Å². The molecule has 0 aliphatic rings. The highest BCUT2D eigenvalue weighted by molar-refractivity contribution is 5.85. The Hall–Kier alpha value is -3.48. The highest BCUT2D eigenvalue weighted by Gasteiger charge is 2.06. The summed E-state index contributed by atoms with van der Waals surface area (Å²) in [5, 5.41) is 15.6. The molecule has 0 saturated heterocycles. The highest BCUT2D eigenvalue weighted by atomic mass is 16.6. The summed E-state index contributed by atoms with van der Waals surface area (Å²) in [6.07, 6.45) is 3.22. The monoisotopic (exact) mass is 322 g/mol. The van der Waals surface area contributed by atoms with Crippen molar-refractivity contribution in [2.75, 3.05) is 0 Å². The normalized spacial score (nSPS) is 11.0. The number of non-ortho nitro benzene ring substituents is 1. The second-order valence-corrected chi connectivity index (χ2v) is 5.15. The Bertz CT molecular complexity index is 930. The average Bonchev–Trinajstić information content (AvgIpc) is 2.98. The molecule has 0 aliphatic carbocycles. The maximum absolute atomic E-state index is 12.0. The van der Waals surface area contributed by atoms with Gasteiger partial charge in [-0.1, -0.05) is 30.3 Å². The number of benzene rings is 2. The van der Waals surface area contributed by atoms with Gasteiger partial charge in [-0.25, -0.2) is 5.43 Å². The van der Waals surface area contributed by atoms with Crippen LogP contribution in [0.25, 0.3) is 10.9 Å². The quantitative estimate of drug-likeness (QED) is 0.445. The van der Waals surface area contributed by atoms with E-state index in [1.54, 1.807) is 12.1 Å². The minimum Gasteiger partial charge on any atom is -0.338 e. The van der Waals surface area contributed by atoms with Crippen molar-refractivity contribution < 1.29 is 9.72 Å². The smallest absolute Gasteiger partial charge is 0.270 e. The minimum atomic E-state index is -0.479. The summed E-state index contributed by atoms with van der Waals surface area (Å²) in [6, 6.07) is 15.7. The van der Waals surface area contributed by atoms with Crippen LogP contribution >= 0.6 is 0 Å². The van der Waals surface area contributed by atoms with Gasteiger partial charge in [0.2, 0.25) is 0 Å². The first kappa shape index (κ1) is 15.4. The molecule has 2 aromatic carbocycles. The molecule has 1 heterocycles. The molecule has 0 fully saturated rings. The molecule has 120 valence electrons. The topological polar surface area (TPSA) is 89.5 Å². The number of fused-ring (bicyclic) bond motifs is 1. The van der Waals surface area contributed by atoms with Crippen molar-refractivity contribution in [3.63, 3.8) is 0 Å². The molecule has 3 aromatic rings. The van der Waals surface area contributed by atoms with Crippen molar-refractivity contribution in [3.05, 3.63) is 76.5 Å². The van der Waals surface area contributed by atoms with Crippen LogP contribution in [0.5, 0.6) is 0 Å². The molecule has 7 heteroatoms. The average molecular weight is 322 g/mol. The molecule has 0 atom stereocenters. The Balaban J connectivity index is 1.63. The third-order valence-electron chi connectivity index (χ3n) is 3.48. The molecule has 0 spiro atoms. The summed E-state index contributed by atoms with van der Waals surface area (Å²) in [5.74, 6) is -0.280. The maximum Gasteiger partial charge on any atom is 0.270 e. The molecular formula is C17H14N4O3. The number of nitrogens with zero attached hydrogens (tertiary/aromatic N) is 3. The predicted molar refractivity (Wildman–Crippen MR) is 90.8 cm³/mol. The van der Waals surface area contributed by atoms with Gasteiger partial charge in [0.05, 0.1) is 11.1 Å². The van der Waals surface area contributed by atoms with Crippen LogP contribution in [0.3, 0.4) is 0 Å². The van der Waals surface area contributed by atoms with E-state index >= 15 is 0 Å². The van der Waals surface area contributed by atoms with E-state index in [9.17, 15) is 14.9 Å². The molecule has 7 nitrogen and oxygen atoms in total. The Morgan fingerprint density at radius 3 is 2.88 bits per heavy atom. The molecule has 0 saturated carbocycles. The summed E-state index contributed by atoms with van der Waals surface area (Å²) in [5.41, 5.74) is 3.90. The third kappa shape index (κ3) is 3.46. The molecule has 0 bridgehead atoms. The zero-order chi connectivity index (χ0) is 16.9. The summed E-state index contributed by atoms with van der Waals surface area (Å²) in [6.45, 7) is 0.139. The van der Waals surface area contributed by atoms with Crippen molar-refractivity contribution >= 4 is 28.7 Å². The van der Waals surface area contributed by atoms with E-state index in [-0.39, 0.29) is 18.1 Å². The van der Waals surface area contributed by atoms with Crippen LogP contribution < -0.4 is 5.43 Å². The predicted octanol–water partition coefficient (Wildman–Crippen LogP) is 2.70. The fraction of sp³-hybridized carbons (Fsp3) is 0.0588. The maximum atomic E-state index is 12.0. The zero-order valence-corrected chi connectivity index (χ0v) is 12.6. The number of hydrogen-bond acceptors (Lipinski definition) is 4. The Morgan fingerprint density at radius 2 is 2.04 bits per heavy atom. The Labute approximate surface area is 137 Å². The molecule has 1 N–H and O–H groups in total. The molecule has 1 amide bonds. The first-order valence-electron chi connectivity index (χ1n) is 7.24. The van der Waals surface area contributed by atoms with Gasteiger partial charge in [-0.05, 0) is 17.5 Å². The number of rotatable bonds is 5. The van der Waals surface area contributed by atoms with Crippen LogP contribution in [0.4, 0.5) is 5.69 Å². The van der Waals surface area contributed by atoms with Gasteiger partial charge >= 0.3 is 0 Å². The van der Waals surface area contributed by atoms with E-state index in [2.05, 4.69) is 10.5 Å². The Morgan fingerprint density at radius 1 is 1.21 bits per heavy atom. The van der Waals surface area contributed by atoms with Crippen LogP contribution in [-0.2, 0) is 11.3 Å². The molecular weight excluding hydrogens is 308 g/mol. The number of hydrazone groups is 1. The number of para-hydroxylation sites is 1. The number of aromatic nitrogens is 1. The lowest BCUT2D eigenvalue weighted by molar-refractivity contribution is -0.384. The SMILES string of the molecule is O=C(Cn1ccc2ccccc21)NN=Cc1cccc([N+](=O)[O-])c1. The lowest BCUT2D eigenvalue weighted by atomic mass is 10.2. The van der Waals surface area contributed by atoms with Gasteiger partial charge in [0.1, 0.15) is 6.54 Å². The molecule has 0 aliphatic heterocycles.